The van der Waals surface area contributed by atoms with Crippen LogP contribution in [-0.4, -0.2) is 11.0 Å². The van der Waals surface area contributed by atoms with E-state index in [0.717, 1.165) is 42.6 Å². The Balaban J connectivity index is 2.02. The van der Waals surface area contributed by atoms with E-state index in [4.69, 9.17) is 0 Å². The molecule has 2 aromatic carbocycles. The van der Waals surface area contributed by atoms with Crippen molar-refractivity contribution in [2.24, 2.45) is 0 Å². The number of hydrogen-bond donors (Lipinski definition) is 2. The molecule has 33 heavy (non-hydrogen) atoms. The number of rotatable bonds is 4. The highest BCUT2D eigenvalue weighted by molar-refractivity contribution is 5.90. The number of benzene rings is 2. The van der Waals surface area contributed by atoms with Gasteiger partial charge in [-0.1, -0.05) is 18.2 Å². The van der Waals surface area contributed by atoms with Gasteiger partial charge in [-0.25, -0.2) is 13.6 Å². The number of para-hydroxylation sites is 1. The lowest BCUT2D eigenvalue weighted by molar-refractivity contribution is -0.139. The lowest BCUT2D eigenvalue weighted by Crippen LogP contribution is -2.35. The standard InChI is InChI=1S/C21H13F8N3O/c22-14-4-1-5-15(23)18(14)32-19(33)31-16(11-6-8-12(9-7-11)20(24,25)26)17-13(21(27,28)29)3-2-10-30-17/h1-10,16H,(H2,31,32,33)/t16-/m0/s1. The summed E-state index contributed by atoms with van der Waals surface area (Å²) in [4.78, 5) is 16.1. The highest BCUT2D eigenvalue weighted by Gasteiger charge is 2.37. The van der Waals surface area contributed by atoms with Crippen LogP contribution in [0.5, 0.6) is 0 Å². The van der Waals surface area contributed by atoms with Crippen LogP contribution < -0.4 is 10.6 Å². The highest BCUT2D eigenvalue weighted by atomic mass is 19.4. The Labute approximate surface area is 181 Å². The first kappa shape index (κ1) is 24.0. The molecule has 0 aliphatic carbocycles. The molecule has 12 heteroatoms. The summed E-state index contributed by atoms with van der Waals surface area (Å²) in [6, 6.07) is 4.33. The molecule has 0 saturated carbocycles. The fourth-order valence-electron chi connectivity index (χ4n) is 2.96. The van der Waals surface area contributed by atoms with E-state index >= 15 is 0 Å². The Morgan fingerprint density at radius 1 is 0.818 bits per heavy atom. The van der Waals surface area contributed by atoms with Crippen LogP contribution in [0.25, 0.3) is 0 Å². The molecule has 3 rings (SSSR count). The quantitative estimate of drug-likeness (QED) is 0.435. The van der Waals surface area contributed by atoms with E-state index in [9.17, 15) is 39.9 Å². The molecule has 0 fully saturated rings. The third kappa shape index (κ3) is 5.57. The normalized spacial score (nSPS) is 12.8. The SMILES string of the molecule is O=C(Nc1c(F)cccc1F)N[C@@H](c1ccc(C(F)(F)F)cc1)c1ncccc1C(F)(F)F. The largest absolute Gasteiger partial charge is 0.418 e. The van der Waals surface area contributed by atoms with E-state index in [2.05, 4.69) is 10.3 Å². The molecular weight excluding hydrogens is 462 g/mol. The number of urea groups is 1. The van der Waals surface area contributed by atoms with Crippen molar-refractivity contribution in [3.63, 3.8) is 0 Å². The number of amides is 2. The minimum atomic E-state index is -4.91. The maximum atomic E-state index is 13.8. The molecule has 2 amide bonds. The summed E-state index contributed by atoms with van der Waals surface area (Å²) in [6.45, 7) is 0. The van der Waals surface area contributed by atoms with E-state index < -0.39 is 58.6 Å². The Kier molecular flexibility index (Phi) is 6.56. The van der Waals surface area contributed by atoms with Crippen molar-refractivity contribution in [1.29, 1.82) is 0 Å². The molecule has 0 unspecified atom stereocenters. The van der Waals surface area contributed by atoms with Crippen LogP contribution in [0.2, 0.25) is 0 Å². The number of carbonyl (C=O) groups is 1. The average Bonchev–Trinajstić information content (AvgIpc) is 2.74. The van der Waals surface area contributed by atoms with Crippen molar-refractivity contribution in [2.75, 3.05) is 5.32 Å². The average molecular weight is 475 g/mol. The summed E-state index contributed by atoms with van der Waals surface area (Å²) >= 11 is 0. The third-order valence-electron chi connectivity index (χ3n) is 4.47. The van der Waals surface area contributed by atoms with Gasteiger partial charge in [-0.3, -0.25) is 4.98 Å². The number of alkyl halides is 6. The molecule has 174 valence electrons. The first-order chi connectivity index (χ1) is 15.4. The zero-order chi connectivity index (χ0) is 24.4. The lowest BCUT2D eigenvalue weighted by atomic mass is 9.98. The van der Waals surface area contributed by atoms with Gasteiger partial charge < -0.3 is 10.6 Å². The molecule has 0 bridgehead atoms. The topological polar surface area (TPSA) is 54.0 Å². The van der Waals surface area contributed by atoms with Crippen LogP contribution in [-0.2, 0) is 12.4 Å². The minimum absolute atomic E-state index is 0.184. The van der Waals surface area contributed by atoms with Gasteiger partial charge in [0.1, 0.15) is 17.3 Å². The number of nitrogens with one attached hydrogen (secondary N) is 2. The van der Waals surface area contributed by atoms with Crippen molar-refractivity contribution in [2.45, 2.75) is 18.4 Å². The second-order valence-corrected chi connectivity index (χ2v) is 6.68. The molecular formula is C21H13F8N3O. The maximum Gasteiger partial charge on any atom is 0.418 e. The number of hydrogen-bond acceptors (Lipinski definition) is 2. The Morgan fingerprint density at radius 3 is 1.97 bits per heavy atom. The second-order valence-electron chi connectivity index (χ2n) is 6.68. The maximum absolute atomic E-state index is 13.8. The van der Waals surface area contributed by atoms with Crippen molar-refractivity contribution >= 4 is 11.7 Å². The molecule has 0 saturated heterocycles. The van der Waals surface area contributed by atoms with Gasteiger partial charge in [-0.15, -0.1) is 0 Å². The van der Waals surface area contributed by atoms with Crippen molar-refractivity contribution < 1.29 is 39.9 Å². The number of pyridine rings is 1. The van der Waals surface area contributed by atoms with Gasteiger partial charge in [-0.05, 0) is 42.0 Å². The lowest BCUT2D eigenvalue weighted by Gasteiger charge is -2.23. The van der Waals surface area contributed by atoms with Gasteiger partial charge in [0.05, 0.1) is 22.9 Å². The van der Waals surface area contributed by atoms with Crippen LogP contribution in [0, 0.1) is 11.6 Å². The molecule has 3 aromatic rings. The van der Waals surface area contributed by atoms with Crippen LogP contribution in [0.3, 0.4) is 0 Å². The van der Waals surface area contributed by atoms with Crippen LogP contribution in [0.15, 0.2) is 60.8 Å². The van der Waals surface area contributed by atoms with Gasteiger partial charge in [-0.2, -0.15) is 26.3 Å². The van der Waals surface area contributed by atoms with Crippen molar-refractivity contribution in [3.8, 4) is 0 Å². The molecule has 0 radical (unpaired) electrons. The fraction of sp³-hybridized carbons (Fsp3) is 0.143. The summed E-state index contributed by atoms with van der Waals surface area (Å²) in [5, 5.41) is 3.95. The van der Waals surface area contributed by atoms with Crippen molar-refractivity contribution in [1.82, 2.24) is 10.3 Å². The van der Waals surface area contributed by atoms with Crippen LogP contribution in [0.1, 0.15) is 28.4 Å². The van der Waals surface area contributed by atoms with Crippen LogP contribution in [0.4, 0.5) is 45.6 Å². The van der Waals surface area contributed by atoms with Gasteiger partial charge in [0.25, 0.3) is 0 Å². The van der Waals surface area contributed by atoms with E-state index in [1.165, 1.54) is 0 Å². The first-order valence-electron chi connectivity index (χ1n) is 9.08. The molecule has 1 heterocycles. The Morgan fingerprint density at radius 2 is 1.42 bits per heavy atom. The minimum Gasteiger partial charge on any atom is -0.325 e. The zero-order valence-corrected chi connectivity index (χ0v) is 16.2. The second kappa shape index (κ2) is 9.04. The summed E-state index contributed by atoms with van der Waals surface area (Å²) in [7, 11) is 0. The number of carbonyl (C=O) groups excluding carboxylic acids is 1. The Hall–Kier alpha value is -3.70. The molecule has 0 aliphatic rings. The first-order valence-corrected chi connectivity index (χ1v) is 9.08. The van der Waals surface area contributed by atoms with Gasteiger partial charge in [0.15, 0.2) is 0 Å². The smallest absolute Gasteiger partial charge is 0.325 e. The zero-order valence-electron chi connectivity index (χ0n) is 16.2. The number of aromatic nitrogens is 1. The predicted molar refractivity (Wildman–Crippen MR) is 101 cm³/mol. The predicted octanol–water partition coefficient (Wildman–Crippen LogP) is 6.31. The van der Waals surface area contributed by atoms with E-state index in [0.29, 0.717) is 18.2 Å². The Bertz CT molecular complexity index is 1120. The van der Waals surface area contributed by atoms with Gasteiger partial charge >= 0.3 is 18.4 Å². The number of anilines is 1. The van der Waals surface area contributed by atoms with Gasteiger partial charge in [0.2, 0.25) is 0 Å². The third-order valence-corrected chi connectivity index (χ3v) is 4.47. The number of nitrogens with zero attached hydrogens (tertiary/aromatic N) is 1. The summed E-state index contributed by atoms with van der Waals surface area (Å²) in [6.07, 6.45) is -8.62. The monoisotopic (exact) mass is 475 g/mol. The molecule has 1 aromatic heterocycles. The van der Waals surface area contributed by atoms with E-state index in [1.54, 1.807) is 0 Å². The highest BCUT2D eigenvalue weighted by Crippen LogP contribution is 2.36. The molecule has 0 spiro atoms. The summed E-state index contributed by atoms with van der Waals surface area (Å²) in [5.74, 6) is -2.30. The van der Waals surface area contributed by atoms with E-state index in [-0.39, 0.29) is 5.56 Å². The molecule has 1 atom stereocenters. The molecule has 4 nitrogen and oxygen atoms in total. The molecule has 0 aliphatic heterocycles. The fourth-order valence-corrected chi connectivity index (χ4v) is 2.96. The molecule has 2 N–H and O–H groups in total. The van der Waals surface area contributed by atoms with Crippen molar-refractivity contribution in [3.05, 3.63) is 94.8 Å². The van der Waals surface area contributed by atoms with Gasteiger partial charge in [0, 0.05) is 6.20 Å². The summed E-state index contributed by atoms with van der Waals surface area (Å²) in [5.41, 5.74) is -4.10. The van der Waals surface area contributed by atoms with E-state index in [1.807, 2.05) is 5.32 Å². The van der Waals surface area contributed by atoms with Crippen LogP contribution >= 0.6 is 0 Å². The summed E-state index contributed by atoms with van der Waals surface area (Å²) < 4.78 is 107. The number of halogens is 8.